The highest BCUT2D eigenvalue weighted by Crippen LogP contribution is 2.35. The lowest BCUT2D eigenvalue weighted by atomic mass is 9.74. The van der Waals surface area contributed by atoms with Gasteiger partial charge in [-0.2, -0.15) is 0 Å². The van der Waals surface area contributed by atoms with Gasteiger partial charge < -0.3 is 15.2 Å². The van der Waals surface area contributed by atoms with Gasteiger partial charge in [0.2, 0.25) is 0 Å². The van der Waals surface area contributed by atoms with Gasteiger partial charge in [-0.1, -0.05) is 135 Å². The van der Waals surface area contributed by atoms with Crippen LogP contribution in [-0.4, -0.2) is 34.9 Å². The quantitative estimate of drug-likeness (QED) is 0.105. The summed E-state index contributed by atoms with van der Waals surface area (Å²) < 4.78 is 5.67. The van der Waals surface area contributed by atoms with Crippen molar-refractivity contribution in [2.45, 2.75) is 206 Å². The number of nitrogens with one attached hydrogen (secondary N) is 1. The molecule has 1 atom stereocenters. The summed E-state index contributed by atoms with van der Waals surface area (Å²) in [5.74, 6) is 0.109. The van der Waals surface area contributed by atoms with Crippen molar-refractivity contribution in [1.29, 1.82) is 0 Å². The number of aliphatic carboxylic acids is 1. The molecule has 4 nitrogen and oxygen atoms in total. The van der Waals surface area contributed by atoms with E-state index < -0.39 is 12.1 Å². The molecule has 1 saturated heterocycles. The number of hydrogen-bond donors (Lipinski definition) is 2. The van der Waals surface area contributed by atoms with E-state index in [9.17, 15) is 9.90 Å². The third-order valence-corrected chi connectivity index (χ3v) is 8.70. The zero-order chi connectivity index (χ0) is 28.8. The lowest BCUT2D eigenvalue weighted by Crippen LogP contribution is -2.57. The molecule has 2 N–H and O–H groups in total. The topological polar surface area (TPSA) is 58.6 Å². The van der Waals surface area contributed by atoms with E-state index in [1.807, 2.05) is 0 Å². The first-order valence-corrected chi connectivity index (χ1v) is 17.3. The summed E-state index contributed by atoms with van der Waals surface area (Å²) in [6, 6.07) is 0. The molecule has 0 bridgehead atoms. The normalized spacial score (nSPS) is 17.9. The van der Waals surface area contributed by atoms with Gasteiger partial charge in [0.15, 0.2) is 6.10 Å². The Kier molecular flexibility index (Phi) is 20.6. The van der Waals surface area contributed by atoms with Crippen LogP contribution in [0, 0.1) is 5.92 Å². The maximum atomic E-state index is 11.5. The Bertz CT molecular complexity index is 572. The minimum absolute atomic E-state index is 0.292. The van der Waals surface area contributed by atoms with Crippen LogP contribution in [0.1, 0.15) is 189 Å². The van der Waals surface area contributed by atoms with E-state index in [2.05, 4.69) is 39.9 Å². The molecule has 0 aromatic heterocycles. The summed E-state index contributed by atoms with van der Waals surface area (Å²) in [6.07, 6.45) is 30.0. The predicted molar refractivity (Wildman–Crippen MR) is 169 cm³/mol. The lowest BCUT2D eigenvalue weighted by Gasteiger charge is -2.46. The van der Waals surface area contributed by atoms with Crippen LogP contribution in [-0.2, 0) is 9.53 Å². The third kappa shape index (κ3) is 20.9. The first-order chi connectivity index (χ1) is 18.7. The van der Waals surface area contributed by atoms with Gasteiger partial charge in [-0.05, 0) is 59.3 Å². The molecule has 1 aliphatic heterocycles. The SMILES string of the molecule is CCCCCCCCOC(CCCCCCCCCCCCCCCCC1CC(C)(C)NC(C)(C)C1)C(=O)O. The van der Waals surface area contributed by atoms with Gasteiger partial charge >= 0.3 is 5.97 Å². The zero-order valence-electron chi connectivity index (χ0n) is 27.1. The highest BCUT2D eigenvalue weighted by atomic mass is 16.5. The monoisotopic (exact) mass is 552 g/mol. The zero-order valence-corrected chi connectivity index (χ0v) is 27.1. The summed E-state index contributed by atoms with van der Waals surface area (Å²) >= 11 is 0. The largest absolute Gasteiger partial charge is 0.479 e. The molecule has 0 radical (unpaired) electrons. The first kappa shape index (κ1) is 36.4. The minimum atomic E-state index is -0.786. The smallest absolute Gasteiger partial charge is 0.332 e. The van der Waals surface area contributed by atoms with Gasteiger partial charge in [0.25, 0.3) is 0 Å². The Hall–Kier alpha value is -0.610. The Morgan fingerprint density at radius 1 is 0.692 bits per heavy atom. The molecule has 0 amide bonds. The van der Waals surface area contributed by atoms with E-state index in [1.54, 1.807) is 0 Å². The fourth-order valence-corrected chi connectivity index (χ4v) is 7.01. The summed E-state index contributed by atoms with van der Waals surface area (Å²) in [5.41, 5.74) is 0.583. The molecular formula is C35H69NO3. The number of unbranched alkanes of at least 4 members (excludes halogenated alkanes) is 18. The van der Waals surface area contributed by atoms with Crippen LogP contribution < -0.4 is 5.32 Å². The summed E-state index contributed by atoms with van der Waals surface area (Å²) in [4.78, 5) is 11.5. The van der Waals surface area contributed by atoms with Crippen molar-refractivity contribution in [3.63, 3.8) is 0 Å². The molecule has 0 spiro atoms. The van der Waals surface area contributed by atoms with Crippen LogP contribution in [0.25, 0.3) is 0 Å². The van der Waals surface area contributed by atoms with E-state index in [0.29, 0.717) is 24.1 Å². The highest BCUT2D eigenvalue weighted by Gasteiger charge is 2.37. The second kappa shape index (κ2) is 22.0. The van der Waals surface area contributed by atoms with Crippen LogP contribution in [0.2, 0.25) is 0 Å². The molecule has 1 heterocycles. The van der Waals surface area contributed by atoms with Crippen LogP contribution in [0.15, 0.2) is 0 Å². The molecule has 232 valence electrons. The average Bonchev–Trinajstić information content (AvgIpc) is 2.84. The van der Waals surface area contributed by atoms with E-state index in [-0.39, 0.29) is 0 Å². The fraction of sp³-hybridized carbons (Fsp3) is 0.971. The predicted octanol–water partition coefficient (Wildman–Crippen LogP) is 10.6. The Labute approximate surface area is 244 Å². The molecule has 1 fully saturated rings. The molecule has 0 aromatic carbocycles. The van der Waals surface area contributed by atoms with Gasteiger partial charge in [-0.15, -0.1) is 0 Å². The van der Waals surface area contributed by atoms with Crippen molar-refractivity contribution in [2.75, 3.05) is 6.61 Å². The maximum Gasteiger partial charge on any atom is 0.332 e. The molecule has 1 rings (SSSR count). The average molecular weight is 552 g/mol. The molecular weight excluding hydrogens is 482 g/mol. The lowest BCUT2D eigenvalue weighted by molar-refractivity contribution is -0.151. The third-order valence-electron chi connectivity index (χ3n) is 8.70. The Morgan fingerprint density at radius 3 is 1.56 bits per heavy atom. The van der Waals surface area contributed by atoms with Crippen molar-refractivity contribution in [1.82, 2.24) is 5.32 Å². The van der Waals surface area contributed by atoms with Crippen molar-refractivity contribution < 1.29 is 14.6 Å². The minimum Gasteiger partial charge on any atom is -0.479 e. The second-order valence-corrected chi connectivity index (χ2v) is 14.2. The summed E-state index contributed by atoms with van der Waals surface area (Å²) in [6.45, 7) is 12.3. The number of carbonyl (C=O) groups is 1. The molecule has 0 saturated carbocycles. The number of rotatable bonds is 26. The van der Waals surface area contributed by atoms with Gasteiger partial charge in [0, 0.05) is 17.7 Å². The van der Waals surface area contributed by atoms with Crippen LogP contribution in [0.4, 0.5) is 0 Å². The maximum absolute atomic E-state index is 11.5. The van der Waals surface area contributed by atoms with Crippen molar-refractivity contribution in [3.05, 3.63) is 0 Å². The standard InChI is InChI=1S/C35H69NO3/c1-6-7-8-9-22-25-28-39-32(33(37)38)27-24-21-19-17-15-13-11-10-12-14-16-18-20-23-26-31-29-34(2,3)36-35(4,5)30-31/h31-32,36H,6-30H2,1-5H3,(H,37,38). The second-order valence-electron chi connectivity index (χ2n) is 14.2. The van der Waals surface area contributed by atoms with Crippen molar-refractivity contribution in [3.8, 4) is 0 Å². The number of ether oxygens (including phenoxy) is 1. The molecule has 39 heavy (non-hydrogen) atoms. The van der Waals surface area contributed by atoms with Gasteiger partial charge in [-0.3, -0.25) is 0 Å². The Morgan fingerprint density at radius 2 is 1.10 bits per heavy atom. The van der Waals surface area contributed by atoms with E-state index in [0.717, 1.165) is 31.6 Å². The van der Waals surface area contributed by atoms with Crippen LogP contribution in [0.5, 0.6) is 0 Å². The van der Waals surface area contributed by atoms with Crippen LogP contribution >= 0.6 is 0 Å². The summed E-state index contributed by atoms with van der Waals surface area (Å²) in [7, 11) is 0. The number of carboxylic acids is 1. The molecule has 1 unspecified atom stereocenters. The number of hydrogen-bond acceptors (Lipinski definition) is 3. The Balaban J connectivity index is 1.85. The highest BCUT2D eigenvalue weighted by molar-refractivity contribution is 5.72. The van der Waals surface area contributed by atoms with Gasteiger partial charge in [0.05, 0.1) is 0 Å². The van der Waals surface area contributed by atoms with E-state index in [1.165, 1.54) is 122 Å². The summed E-state index contributed by atoms with van der Waals surface area (Å²) in [5, 5.41) is 13.2. The molecule has 0 aliphatic carbocycles. The van der Waals surface area contributed by atoms with E-state index in [4.69, 9.17) is 4.74 Å². The van der Waals surface area contributed by atoms with Gasteiger partial charge in [0.1, 0.15) is 0 Å². The van der Waals surface area contributed by atoms with Crippen LogP contribution in [0.3, 0.4) is 0 Å². The van der Waals surface area contributed by atoms with Crippen molar-refractivity contribution in [2.24, 2.45) is 5.92 Å². The van der Waals surface area contributed by atoms with E-state index >= 15 is 0 Å². The number of piperidine rings is 1. The molecule has 1 aliphatic rings. The number of carboxylic acid groups (broad SMARTS) is 1. The van der Waals surface area contributed by atoms with Gasteiger partial charge in [-0.25, -0.2) is 4.79 Å². The van der Waals surface area contributed by atoms with Crippen molar-refractivity contribution >= 4 is 5.97 Å². The first-order valence-electron chi connectivity index (χ1n) is 17.3. The fourth-order valence-electron chi connectivity index (χ4n) is 7.01. The molecule has 0 aromatic rings. The molecule has 4 heteroatoms.